The number of carboxylic acids is 1. The number of alkyl halides is 2. The van der Waals surface area contributed by atoms with Gasteiger partial charge in [0.15, 0.2) is 0 Å². The van der Waals surface area contributed by atoms with Crippen LogP contribution in [0.1, 0.15) is 76.2 Å². The summed E-state index contributed by atoms with van der Waals surface area (Å²) in [5.74, 6) is -1.40. The van der Waals surface area contributed by atoms with Crippen LogP contribution in [0.5, 0.6) is 0 Å². The van der Waals surface area contributed by atoms with Crippen LogP contribution in [0.3, 0.4) is 0 Å². The first-order chi connectivity index (χ1) is 13.5. The maximum absolute atomic E-state index is 12.0. The lowest BCUT2D eigenvalue weighted by Gasteiger charge is -2.20. The van der Waals surface area contributed by atoms with Crippen LogP contribution >= 0.6 is 27.5 Å². The number of carboxylic acid groups (broad SMARTS) is 1. The van der Waals surface area contributed by atoms with Crippen LogP contribution in [0.2, 0.25) is 0 Å². The SMILES string of the molecule is CCCCCCCCCC(Br)C(Cl)CC(C(=O)O)c1cn(C)c2ccccc12. The number of nitrogens with zero attached hydrogens (tertiary/aromatic N) is 1. The second kappa shape index (κ2) is 11.9. The molecule has 3 unspecified atom stereocenters. The van der Waals surface area contributed by atoms with Crippen LogP contribution in [0.4, 0.5) is 0 Å². The van der Waals surface area contributed by atoms with Crippen molar-refractivity contribution in [3.63, 3.8) is 0 Å². The van der Waals surface area contributed by atoms with Gasteiger partial charge >= 0.3 is 5.97 Å². The molecule has 28 heavy (non-hydrogen) atoms. The number of fused-ring (bicyclic) bond motifs is 1. The zero-order chi connectivity index (χ0) is 20.5. The summed E-state index contributed by atoms with van der Waals surface area (Å²) in [5, 5.41) is 10.7. The molecule has 0 bridgehead atoms. The zero-order valence-electron chi connectivity index (χ0n) is 17.0. The molecule has 1 N–H and O–H groups in total. The Hall–Kier alpha value is -1.00. The van der Waals surface area contributed by atoms with Gasteiger partial charge in [-0.2, -0.15) is 0 Å². The Morgan fingerprint density at radius 3 is 2.46 bits per heavy atom. The van der Waals surface area contributed by atoms with E-state index in [1.165, 1.54) is 38.5 Å². The highest BCUT2D eigenvalue weighted by Gasteiger charge is 2.29. The van der Waals surface area contributed by atoms with E-state index in [4.69, 9.17) is 11.6 Å². The van der Waals surface area contributed by atoms with E-state index < -0.39 is 11.9 Å². The standard InChI is InChI=1S/C23H33BrClNO2/c1-3-4-5-6-7-8-9-13-20(24)21(25)15-18(23(27)28)19-16-26(2)22-14-11-10-12-17(19)22/h10-12,14,16,18,20-21H,3-9,13,15H2,1-2H3,(H,27,28). The number of halogens is 2. The van der Waals surface area contributed by atoms with Crippen LogP contribution in [0.25, 0.3) is 10.9 Å². The Labute approximate surface area is 182 Å². The van der Waals surface area contributed by atoms with Crippen molar-refractivity contribution >= 4 is 44.4 Å². The van der Waals surface area contributed by atoms with Crippen LogP contribution in [0.15, 0.2) is 30.5 Å². The first-order valence-electron chi connectivity index (χ1n) is 10.5. The lowest BCUT2D eigenvalue weighted by atomic mass is 9.92. The van der Waals surface area contributed by atoms with Gasteiger partial charge in [0.1, 0.15) is 0 Å². The summed E-state index contributed by atoms with van der Waals surface area (Å²) in [6.45, 7) is 2.23. The van der Waals surface area contributed by atoms with Crippen molar-refractivity contribution in [2.75, 3.05) is 0 Å². The normalized spacial score (nSPS) is 14.9. The monoisotopic (exact) mass is 469 g/mol. The quantitative estimate of drug-likeness (QED) is 0.247. The van der Waals surface area contributed by atoms with Gasteiger partial charge in [-0.15, -0.1) is 11.6 Å². The number of aromatic nitrogens is 1. The minimum Gasteiger partial charge on any atom is -0.481 e. The predicted molar refractivity (Wildman–Crippen MR) is 123 cm³/mol. The van der Waals surface area contributed by atoms with Crippen LogP contribution in [-0.4, -0.2) is 25.8 Å². The number of unbranched alkanes of at least 4 members (excludes halogenated alkanes) is 6. The third-order valence-corrected chi connectivity index (χ3v) is 7.42. The number of benzene rings is 1. The third-order valence-electron chi connectivity index (χ3n) is 5.54. The number of hydrogen-bond acceptors (Lipinski definition) is 1. The average molecular weight is 471 g/mol. The molecule has 2 aromatic rings. The van der Waals surface area contributed by atoms with E-state index in [1.54, 1.807) is 0 Å². The van der Waals surface area contributed by atoms with Gasteiger partial charge < -0.3 is 9.67 Å². The summed E-state index contributed by atoms with van der Waals surface area (Å²) in [5.41, 5.74) is 1.90. The molecule has 0 aliphatic rings. The molecule has 0 fully saturated rings. The number of aliphatic carboxylic acids is 1. The van der Waals surface area contributed by atoms with E-state index in [0.717, 1.165) is 29.3 Å². The molecular formula is C23H33BrClNO2. The van der Waals surface area contributed by atoms with Crippen LogP contribution in [-0.2, 0) is 11.8 Å². The lowest BCUT2D eigenvalue weighted by molar-refractivity contribution is -0.138. The zero-order valence-corrected chi connectivity index (χ0v) is 19.4. The fourth-order valence-electron chi connectivity index (χ4n) is 3.86. The van der Waals surface area contributed by atoms with Crippen molar-refractivity contribution in [2.45, 2.75) is 80.8 Å². The number of rotatable bonds is 13. The second-order valence-corrected chi connectivity index (χ2v) is 9.52. The van der Waals surface area contributed by atoms with E-state index >= 15 is 0 Å². The number of hydrogen-bond donors (Lipinski definition) is 1. The molecule has 0 spiro atoms. The topological polar surface area (TPSA) is 42.2 Å². The summed E-state index contributed by atoms with van der Waals surface area (Å²) in [4.78, 5) is 12.2. The molecule has 156 valence electrons. The van der Waals surface area contributed by atoms with Gasteiger partial charge in [0.25, 0.3) is 0 Å². The molecular weight excluding hydrogens is 438 g/mol. The molecule has 1 aromatic carbocycles. The van der Waals surface area contributed by atoms with E-state index in [2.05, 4.69) is 22.9 Å². The van der Waals surface area contributed by atoms with Gasteiger partial charge in [0.05, 0.1) is 5.92 Å². The van der Waals surface area contributed by atoms with Gasteiger partial charge in [-0.05, 0) is 24.5 Å². The minimum atomic E-state index is -0.808. The summed E-state index contributed by atoms with van der Waals surface area (Å²) in [6.07, 6.45) is 12.2. The fourth-order valence-corrected chi connectivity index (χ4v) is 4.71. The third kappa shape index (κ3) is 6.52. The number of aryl methyl sites for hydroxylation is 1. The molecule has 1 aromatic heterocycles. The van der Waals surface area contributed by atoms with Gasteiger partial charge in [0.2, 0.25) is 0 Å². The first-order valence-corrected chi connectivity index (χ1v) is 11.9. The first kappa shape index (κ1) is 23.3. The Kier molecular flexibility index (Phi) is 9.87. The molecule has 0 aliphatic carbocycles. The Morgan fingerprint density at radius 1 is 1.14 bits per heavy atom. The van der Waals surface area contributed by atoms with Crippen molar-refractivity contribution in [2.24, 2.45) is 7.05 Å². The van der Waals surface area contributed by atoms with E-state index in [-0.39, 0.29) is 10.2 Å². The van der Waals surface area contributed by atoms with Crippen molar-refractivity contribution in [3.8, 4) is 0 Å². The molecule has 3 atom stereocenters. The molecule has 0 aliphatic heterocycles. The molecule has 0 amide bonds. The molecule has 3 nitrogen and oxygen atoms in total. The minimum absolute atomic E-state index is 0.140. The van der Waals surface area contributed by atoms with Crippen molar-refractivity contribution in [1.29, 1.82) is 0 Å². The predicted octanol–water partition coefficient (Wildman–Crippen LogP) is 7.25. The second-order valence-electron chi connectivity index (χ2n) is 7.78. The molecule has 1 heterocycles. The average Bonchev–Trinajstić information content (AvgIpc) is 3.01. The highest BCUT2D eigenvalue weighted by Crippen LogP contribution is 2.34. The Morgan fingerprint density at radius 2 is 1.79 bits per heavy atom. The van der Waals surface area contributed by atoms with Crippen LogP contribution in [0, 0.1) is 0 Å². The smallest absolute Gasteiger partial charge is 0.311 e. The summed E-state index contributed by atoms with van der Waals surface area (Å²) in [7, 11) is 1.96. The van der Waals surface area contributed by atoms with Crippen LogP contribution < -0.4 is 0 Å². The van der Waals surface area contributed by atoms with E-state index in [9.17, 15) is 9.90 Å². The maximum atomic E-state index is 12.0. The fraction of sp³-hybridized carbons (Fsp3) is 0.609. The number of carbonyl (C=O) groups is 1. The van der Waals surface area contributed by atoms with E-state index in [1.807, 2.05) is 42.1 Å². The molecule has 0 radical (unpaired) electrons. The van der Waals surface area contributed by atoms with Crippen molar-refractivity contribution in [1.82, 2.24) is 4.57 Å². The highest BCUT2D eigenvalue weighted by molar-refractivity contribution is 9.09. The summed E-state index contributed by atoms with van der Waals surface area (Å²) < 4.78 is 1.99. The van der Waals surface area contributed by atoms with Crippen molar-refractivity contribution < 1.29 is 9.90 Å². The Balaban J connectivity index is 1.92. The van der Waals surface area contributed by atoms with Crippen molar-refractivity contribution in [3.05, 3.63) is 36.0 Å². The summed E-state index contributed by atoms with van der Waals surface area (Å²) >= 11 is 10.4. The van der Waals surface area contributed by atoms with Gasteiger partial charge in [0, 0.05) is 34.4 Å². The molecule has 0 saturated heterocycles. The molecule has 5 heteroatoms. The molecule has 2 rings (SSSR count). The highest BCUT2D eigenvalue weighted by atomic mass is 79.9. The number of para-hydroxylation sites is 1. The van der Waals surface area contributed by atoms with Gasteiger partial charge in [-0.1, -0.05) is 86.0 Å². The summed E-state index contributed by atoms with van der Waals surface area (Å²) in [6, 6.07) is 7.94. The Bertz CT molecular complexity index is 745. The lowest BCUT2D eigenvalue weighted by Crippen LogP contribution is -2.22. The maximum Gasteiger partial charge on any atom is 0.311 e. The van der Waals surface area contributed by atoms with Gasteiger partial charge in [-0.3, -0.25) is 4.79 Å². The van der Waals surface area contributed by atoms with Gasteiger partial charge in [-0.25, -0.2) is 0 Å². The molecule has 0 saturated carbocycles. The van der Waals surface area contributed by atoms with E-state index in [0.29, 0.717) is 6.42 Å². The largest absolute Gasteiger partial charge is 0.481 e.